The molecule has 0 radical (unpaired) electrons. The van der Waals surface area contributed by atoms with Crippen LogP contribution in [0.1, 0.15) is 57.5 Å². The van der Waals surface area contributed by atoms with Crippen molar-refractivity contribution in [3.63, 3.8) is 0 Å². The Morgan fingerprint density at radius 2 is 1.76 bits per heavy atom. The molecule has 8 nitrogen and oxygen atoms in total. The van der Waals surface area contributed by atoms with Crippen molar-refractivity contribution in [3.8, 4) is 0 Å². The van der Waals surface area contributed by atoms with Crippen LogP contribution in [0.3, 0.4) is 0 Å². The van der Waals surface area contributed by atoms with Gasteiger partial charge in [0.15, 0.2) is 0 Å². The van der Waals surface area contributed by atoms with E-state index >= 15 is 0 Å². The van der Waals surface area contributed by atoms with Crippen LogP contribution >= 0.6 is 0 Å². The number of carbonyl (C=O) groups is 3. The van der Waals surface area contributed by atoms with Crippen LogP contribution in [0.4, 0.5) is 10.5 Å². The highest BCUT2D eigenvalue weighted by atomic mass is 16.2. The average molecular weight is 448 g/mol. The minimum atomic E-state index is -0.911. The van der Waals surface area contributed by atoms with Crippen LogP contribution in [0.25, 0.3) is 11.0 Å². The van der Waals surface area contributed by atoms with E-state index in [1.165, 1.54) is 0 Å². The number of aromatic amines is 1. The molecule has 0 saturated carbocycles. The summed E-state index contributed by atoms with van der Waals surface area (Å²) < 4.78 is 0. The molecule has 0 unspecified atom stereocenters. The summed E-state index contributed by atoms with van der Waals surface area (Å²) in [6.07, 6.45) is -0.144. The van der Waals surface area contributed by atoms with Crippen LogP contribution in [-0.4, -0.2) is 33.9 Å². The van der Waals surface area contributed by atoms with E-state index in [4.69, 9.17) is 0 Å². The second-order valence-corrected chi connectivity index (χ2v) is 9.05. The zero-order valence-corrected chi connectivity index (χ0v) is 19.3. The third kappa shape index (κ3) is 4.60. The quantitative estimate of drug-likeness (QED) is 0.476. The van der Waals surface area contributed by atoms with Crippen LogP contribution < -0.4 is 15.5 Å². The molecule has 8 heteroatoms. The Balaban J connectivity index is 1.45. The number of rotatable bonds is 7. The molecule has 172 valence electrons. The molecule has 0 spiro atoms. The Labute approximate surface area is 192 Å². The molecular formula is C25H29N5O3. The third-order valence-electron chi connectivity index (χ3n) is 5.91. The van der Waals surface area contributed by atoms with Crippen molar-refractivity contribution < 1.29 is 14.4 Å². The molecule has 1 saturated heterocycles. The SMILES string of the molecule is CC(C)c1ccc(N2C(=O)N[C@@H](CC(=O)N[C@@H](c3nc4ccccc4[nH]3)C(C)C)C2=O)cc1. The maximum atomic E-state index is 12.9. The Bertz CT molecular complexity index is 1150. The summed E-state index contributed by atoms with van der Waals surface area (Å²) in [6, 6.07) is 13.2. The van der Waals surface area contributed by atoms with E-state index in [1.807, 2.05) is 50.2 Å². The van der Waals surface area contributed by atoms with Gasteiger partial charge in [0.05, 0.1) is 29.2 Å². The normalized spacial score (nSPS) is 17.2. The van der Waals surface area contributed by atoms with E-state index in [2.05, 4.69) is 34.4 Å². The number of nitrogens with zero attached hydrogens (tertiary/aromatic N) is 2. The van der Waals surface area contributed by atoms with Crippen molar-refractivity contribution >= 4 is 34.6 Å². The fraction of sp³-hybridized carbons (Fsp3) is 0.360. The predicted molar refractivity (Wildman–Crippen MR) is 127 cm³/mol. The van der Waals surface area contributed by atoms with Gasteiger partial charge in [0.2, 0.25) is 5.91 Å². The van der Waals surface area contributed by atoms with E-state index in [-0.39, 0.29) is 24.3 Å². The number of carbonyl (C=O) groups excluding carboxylic acids is 3. The highest BCUT2D eigenvalue weighted by Crippen LogP contribution is 2.25. The number of benzene rings is 2. The predicted octanol–water partition coefficient (Wildman–Crippen LogP) is 4.01. The van der Waals surface area contributed by atoms with Crippen molar-refractivity contribution in [2.75, 3.05) is 4.90 Å². The van der Waals surface area contributed by atoms with Crippen molar-refractivity contribution in [1.82, 2.24) is 20.6 Å². The second-order valence-electron chi connectivity index (χ2n) is 9.05. The first-order valence-corrected chi connectivity index (χ1v) is 11.2. The van der Waals surface area contributed by atoms with Gasteiger partial charge in [-0.2, -0.15) is 0 Å². The zero-order chi connectivity index (χ0) is 23.7. The van der Waals surface area contributed by atoms with Gasteiger partial charge < -0.3 is 15.6 Å². The topological polar surface area (TPSA) is 107 Å². The fourth-order valence-electron chi connectivity index (χ4n) is 4.01. The molecule has 2 heterocycles. The van der Waals surface area contributed by atoms with E-state index in [9.17, 15) is 14.4 Å². The average Bonchev–Trinajstić information content (AvgIpc) is 3.32. The minimum absolute atomic E-state index is 0.0688. The molecule has 1 aromatic heterocycles. The first-order chi connectivity index (χ1) is 15.7. The lowest BCUT2D eigenvalue weighted by atomic mass is 10.0. The number of aromatic nitrogens is 2. The number of urea groups is 1. The van der Waals surface area contributed by atoms with E-state index < -0.39 is 18.0 Å². The summed E-state index contributed by atoms with van der Waals surface area (Å²) in [5.41, 5.74) is 3.33. The lowest BCUT2D eigenvalue weighted by molar-refractivity contribution is -0.126. The molecule has 0 bridgehead atoms. The smallest absolute Gasteiger partial charge is 0.329 e. The van der Waals surface area contributed by atoms with Gasteiger partial charge in [0.1, 0.15) is 11.9 Å². The number of fused-ring (bicyclic) bond motifs is 1. The van der Waals surface area contributed by atoms with Crippen molar-refractivity contribution in [3.05, 3.63) is 59.9 Å². The number of nitrogens with one attached hydrogen (secondary N) is 3. The molecule has 2 atom stereocenters. The molecule has 33 heavy (non-hydrogen) atoms. The van der Waals surface area contributed by atoms with Gasteiger partial charge in [-0.25, -0.2) is 14.7 Å². The molecule has 1 aliphatic rings. The minimum Gasteiger partial charge on any atom is -0.346 e. The van der Waals surface area contributed by atoms with Gasteiger partial charge in [-0.15, -0.1) is 0 Å². The summed E-state index contributed by atoms with van der Waals surface area (Å²) in [5.74, 6) is 0.314. The van der Waals surface area contributed by atoms with Gasteiger partial charge in [0, 0.05) is 0 Å². The molecule has 0 aliphatic carbocycles. The highest BCUT2D eigenvalue weighted by Gasteiger charge is 2.40. The number of imide groups is 1. The number of H-pyrrole nitrogens is 1. The lowest BCUT2D eigenvalue weighted by Gasteiger charge is -2.21. The largest absolute Gasteiger partial charge is 0.346 e. The molecule has 4 rings (SSSR count). The summed E-state index contributed by atoms with van der Waals surface area (Å²) in [4.78, 5) is 47.2. The summed E-state index contributed by atoms with van der Waals surface area (Å²) in [7, 11) is 0. The Kier molecular flexibility index (Phi) is 6.18. The van der Waals surface area contributed by atoms with Crippen LogP contribution in [0, 0.1) is 5.92 Å². The van der Waals surface area contributed by atoms with Crippen molar-refractivity contribution in [2.45, 2.75) is 52.1 Å². The molecule has 2 aromatic carbocycles. The van der Waals surface area contributed by atoms with E-state index in [0.29, 0.717) is 17.4 Å². The van der Waals surface area contributed by atoms with Gasteiger partial charge in [-0.1, -0.05) is 52.0 Å². The molecule has 1 aliphatic heterocycles. The monoisotopic (exact) mass is 447 g/mol. The second kappa shape index (κ2) is 9.05. The van der Waals surface area contributed by atoms with E-state index in [1.54, 1.807) is 12.1 Å². The number of hydrogen-bond donors (Lipinski definition) is 3. The first kappa shape index (κ1) is 22.5. The number of hydrogen-bond acceptors (Lipinski definition) is 4. The summed E-state index contributed by atoms with van der Waals surface area (Å²) in [6.45, 7) is 8.13. The fourth-order valence-corrected chi connectivity index (χ4v) is 4.01. The number of amides is 4. The molecule has 3 aromatic rings. The summed E-state index contributed by atoms with van der Waals surface area (Å²) in [5, 5.41) is 5.61. The van der Waals surface area contributed by atoms with Crippen LogP contribution in [0.5, 0.6) is 0 Å². The molecular weight excluding hydrogens is 418 g/mol. The molecule has 4 amide bonds. The standard InChI is InChI=1S/C25H29N5O3/c1-14(2)16-9-11-17(12-10-16)30-24(32)20(28-25(30)33)13-21(31)29-22(15(3)4)23-26-18-7-5-6-8-19(18)27-23/h5-12,14-15,20,22H,13H2,1-4H3,(H,26,27)(H,28,33)(H,29,31)/t20-,22+/m0/s1. The van der Waals surface area contributed by atoms with E-state index in [0.717, 1.165) is 21.5 Å². The molecule has 1 fully saturated rings. The number of anilines is 1. The zero-order valence-electron chi connectivity index (χ0n) is 19.3. The van der Waals surface area contributed by atoms with Crippen LogP contribution in [-0.2, 0) is 9.59 Å². The van der Waals surface area contributed by atoms with Crippen molar-refractivity contribution in [2.24, 2.45) is 5.92 Å². The maximum Gasteiger partial charge on any atom is 0.329 e. The Hall–Kier alpha value is -3.68. The molecule has 3 N–H and O–H groups in total. The van der Waals surface area contributed by atoms with Gasteiger partial charge in [-0.05, 0) is 41.7 Å². The van der Waals surface area contributed by atoms with Crippen LogP contribution in [0.2, 0.25) is 0 Å². The first-order valence-electron chi connectivity index (χ1n) is 11.2. The maximum absolute atomic E-state index is 12.9. The van der Waals surface area contributed by atoms with Crippen molar-refractivity contribution in [1.29, 1.82) is 0 Å². The Morgan fingerprint density at radius 3 is 2.39 bits per heavy atom. The highest BCUT2D eigenvalue weighted by molar-refractivity contribution is 6.22. The van der Waals surface area contributed by atoms with Gasteiger partial charge >= 0.3 is 6.03 Å². The number of imidazole rings is 1. The lowest BCUT2D eigenvalue weighted by Crippen LogP contribution is -2.39. The Morgan fingerprint density at radius 1 is 1.06 bits per heavy atom. The van der Waals surface area contributed by atoms with Crippen LogP contribution in [0.15, 0.2) is 48.5 Å². The van der Waals surface area contributed by atoms with Gasteiger partial charge in [-0.3, -0.25) is 9.59 Å². The van der Waals surface area contributed by atoms with Gasteiger partial charge in [0.25, 0.3) is 5.91 Å². The third-order valence-corrected chi connectivity index (χ3v) is 5.91. The number of para-hydroxylation sites is 2. The summed E-state index contributed by atoms with van der Waals surface area (Å²) >= 11 is 0.